The van der Waals surface area contributed by atoms with Gasteiger partial charge in [-0.2, -0.15) is 5.26 Å². The number of aromatic carboxylic acids is 1. The molecular weight excluding hydrogens is 581 g/mol. The van der Waals surface area contributed by atoms with Gasteiger partial charge in [-0.1, -0.05) is 12.1 Å². The first-order valence-electron chi connectivity index (χ1n) is 15.1. The van der Waals surface area contributed by atoms with Crippen molar-refractivity contribution in [1.82, 2.24) is 19.4 Å². The number of carboxylic acids is 1. The van der Waals surface area contributed by atoms with Gasteiger partial charge in [0.1, 0.15) is 42.5 Å². The lowest BCUT2D eigenvalue weighted by Gasteiger charge is -2.32. The molecule has 0 amide bonds. The zero-order chi connectivity index (χ0) is 30.9. The van der Waals surface area contributed by atoms with Gasteiger partial charge in [0.05, 0.1) is 36.3 Å². The van der Waals surface area contributed by atoms with Gasteiger partial charge in [-0.3, -0.25) is 4.90 Å². The summed E-state index contributed by atoms with van der Waals surface area (Å²) in [5, 5.41) is 18.9. The minimum absolute atomic E-state index is 0.0215. The number of imidazole rings is 1. The fraction of sp³-hybridized carbons (Fsp3) is 0.394. The number of hydrogen-bond acceptors (Lipinski definition) is 9. The van der Waals surface area contributed by atoms with Crippen LogP contribution in [0.2, 0.25) is 0 Å². The SMILES string of the molecule is N#Cc1ccc(COc2cccc(C3CCN(Cc4nc5c6c(c(C(=O)O)cc5n4C[C@@H]4CCO4)OCCO6)CC3)n2)c(F)c1. The number of aromatic nitrogens is 3. The van der Waals surface area contributed by atoms with Gasteiger partial charge in [0.15, 0.2) is 11.5 Å². The van der Waals surface area contributed by atoms with Gasteiger partial charge in [0.2, 0.25) is 5.88 Å². The molecule has 0 saturated carbocycles. The first kappa shape index (κ1) is 29.0. The van der Waals surface area contributed by atoms with Crippen molar-refractivity contribution in [3.8, 4) is 23.4 Å². The van der Waals surface area contributed by atoms with Crippen LogP contribution in [0.1, 0.15) is 58.2 Å². The quantitative estimate of drug-likeness (QED) is 0.284. The lowest BCUT2D eigenvalue weighted by molar-refractivity contribution is -0.0592. The van der Waals surface area contributed by atoms with Gasteiger partial charge >= 0.3 is 5.97 Å². The molecule has 12 heteroatoms. The number of piperidine rings is 1. The van der Waals surface area contributed by atoms with Crippen LogP contribution in [0.25, 0.3) is 11.0 Å². The van der Waals surface area contributed by atoms with E-state index in [2.05, 4.69) is 9.47 Å². The molecule has 2 aromatic heterocycles. The first-order chi connectivity index (χ1) is 22.0. The molecule has 3 aliphatic heterocycles. The van der Waals surface area contributed by atoms with Gasteiger partial charge < -0.3 is 28.6 Å². The predicted molar refractivity (Wildman–Crippen MR) is 159 cm³/mol. The van der Waals surface area contributed by atoms with Crippen LogP contribution in [0.3, 0.4) is 0 Å². The molecule has 0 radical (unpaired) electrons. The topological polar surface area (TPSA) is 132 Å². The van der Waals surface area contributed by atoms with Crippen LogP contribution in [0, 0.1) is 17.1 Å². The van der Waals surface area contributed by atoms with Crippen molar-refractivity contribution in [2.45, 2.75) is 51.0 Å². The summed E-state index contributed by atoms with van der Waals surface area (Å²) in [5.74, 6) is 0.587. The third-order valence-corrected chi connectivity index (χ3v) is 8.69. The number of ether oxygens (including phenoxy) is 4. The summed E-state index contributed by atoms with van der Waals surface area (Å²) in [6.45, 7) is 4.20. The summed E-state index contributed by atoms with van der Waals surface area (Å²) in [7, 11) is 0. The highest BCUT2D eigenvalue weighted by molar-refractivity contribution is 5.99. The van der Waals surface area contributed by atoms with E-state index < -0.39 is 11.8 Å². The van der Waals surface area contributed by atoms with Crippen LogP contribution in [0.15, 0.2) is 42.5 Å². The van der Waals surface area contributed by atoms with Crippen LogP contribution in [-0.2, 0) is 24.4 Å². The van der Waals surface area contributed by atoms with Gasteiger partial charge in [-0.25, -0.2) is 19.2 Å². The van der Waals surface area contributed by atoms with Gasteiger partial charge in [0, 0.05) is 29.8 Å². The molecule has 232 valence electrons. The summed E-state index contributed by atoms with van der Waals surface area (Å²) >= 11 is 0. The lowest BCUT2D eigenvalue weighted by Crippen LogP contribution is -2.35. The Hall–Kier alpha value is -4.73. The smallest absolute Gasteiger partial charge is 0.339 e. The van der Waals surface area contributed by atoms with Crippen LogP contribution < -0.4 is 14.2 Å². The van der Waals surface area contributed by atoms with E-state index >= 15 is 0 Å². The molecule has 2 fully saturated rings. The number of likely N-dealkylation sites (tertiary alicyclic amines) is 1. The number of hydrogen-bond donors (Lipinski definition) is 1. The molecule has 0 spiro atoms. The van der Waals surface area contributed by atoms with E-state index in [0.717, 1.165) is 50.5 Å². The highest BCUT2D eigenvalue weighted by Gasteiger charge is 2.31. The predicted octanol–water partition coefficient (Wildman–Crippen LogP) is 4.66. The molecular formula is C33H32FN5O6. The first-order valence-corrected chi connectivity index (χ1v) is 15.1. The van der Waals surface area contributed by atoms with Gasteiger partial charge in [-0.15, -0.1) is 0 Å². The number of rotatable bonds is 9. The lowest BCUT2D eigenvalue weighted by atomic mass is 9.93. The molecule has 11 nitrogen and oxygen atoms in total. The van der Waals surface area contributed by atoms with Crippen molar-refractivity contribution in [3.63, 3.8) is 0 Å². The van der Waals surface area contributed by atoms with Crippen LogP contribution in [0.4, 0.5) is 4.39 Å². The van der Waals surface area contributed by atoms with Crippen molar-refractivity contribution in [2.24, 2.45) is 0 Å². The number of nitriles is 1. The molecule has 2 saturated heterocycles. The average Bonchev–Trinajstić information content (AvgIpc) is 3.38. The molecule has 5 heterocycles. The molecule has 2 aromatic carbocycles. The Morgan fingerprint density at radius 3 is 2.58 bits per heavy atom. The largest absolute Gasteiger partial charge is 0.485 e. The second-order valence-electron chi connectivity index (χ2n) is 11.5. The fourth-order valence-electron chi connectivity index (χ4n) is 6.15. The van der Waals surface area contributed by atoms with Crippen molar-refractivity contribution in [1.29, 1.82) is 5.26 Å². The number of benzene rings is 2. The normalized spacial score (nSPS) is 18.4. The molecule has 3 aliphatic rings. The second kappa shape index (κ2) is 12.3. The van der Waals surface area contributed by atoms with Crippen molar-refractivity contribution >= 4 is 17.0 Å². The van der Waals surface area contributed by atoms with E-state index in [1.165, 1.54) is 6.07 Å². The van der Waals surface area contributed by atoms with Crippen molar-refractivity contribution < 1.29 is 33.2 Å². The fourth-order valence-corrected chi connectivity index (χ4v) is 6.15. The number of fused-ring (bicyclic) bond motifs is 3. The average molecular weight is 614 g/mol. The van der Waals surface area contributed by atoms with E-state index in [1.807, 2.05) is 18.2 Å². The molecule has 1 atom stereocenters. The number of halogens is 1. The molecule has 0 bridgehead atoms. The molecule has 0 unspecified atom stereocenters. The van der Waals surface area contributed by atoms with E-state index in [0.29, 0.717) is 47.9 Å². The maximum Gasteiger partial charge on any atom is 0.339 e. The highest BCUT2D eigenvalue weighted by Crippen LogP contribution is 2.41. The van der Waals surface area contributed by atoms with Crippen molar-refractivity contribution in [2.75, 3.05) is 32.9 Å². The van der Waals surface area contributed by atoms with Crippen LogP contribution in [0.5, 0.6) is 17.4 Å². The standard InChI is InChI=1S/C33H32FN5O6/c34-25-14-20(16-35)4-5-22(25)19-45-29-3-1-2-26(36-29)21-6-9-38(10-7-21)18-28-37-30-27(39(28)17-23-8-11-42-23)15-24(33(40)41)31-32(30)44-13-12-43-31/h1-5,14-15,21,23H,6-13,17-19H2,(H,40,41)/t23-/m0/s1. The molecule has 1 N–H and O–H groups in total. The van der Waals surface area contributed by atoms with E-state index in [-0.39, 0.29) is 42.1 Å². The summed E-state index contributed by atoms with van der Waals surface area (Å²) in [6.07, 6.45) is 2.78. The van der Waals surface area contributed by atoms with E-state index in [4.69, 9.17) is 34.2 Å². The maximum atomic E-state index is 14.3. The van der Waals surface area contributed by atoms with E-state index in [9.17, 15) is 14.3 Å². The van der Waals surface area contributed by atoms with Crippen molar-refractivity contribution in [3.05, 3.63) is 76.5 Å². The van der Waals surface area contributed by atoms with Gasteiger partial charge in [-0.05, 0) is 56.6 Å². The minimum atomic E-state index is -1.07. The summed E-state index contributed by atoms with van der Waals surface area (Å²) in [6, 6.07) is 13.6. The minimum Gasteiger partial charge on any atom is -0.485 e. The molecule has 7 rings (SSSR count). The van der Waals surface area contributed by atoms with E-state index in [1.54, 1.807) is 24.3 Å². The Balaban J connectivity index is 1.05. The van der Waals surface area contributed by atoms with Gasteiger partial charge in [0.25, 0.3) is 0 Å². The molecule has 0 aliphatic carbocycles. The van der Waals surface area contributed by atoms with Crippen LogP contribution in [-0.4, -0.2) is 69.5 Å². The zero-order valence-corrected chi connectivity index (χ0v) is 24.6. The number of nitrogens with zero attached hydrogens (tertiary/aromatic N) is 5. The Bertz CT molecular complexity index is 1790. The number of carbonyl (C=O) groups is 1. The third kappa shape index (κ3) is 5.89. The highest BCUT2D eigenvalue weighted by atomic mass is 19.1. The maximum absolute atomic E-state index is 14.3. The Kier molecular flexibility index (Phi) is 7.95. The Morgan fingerprint density at radius 1 is 1.07 bits per heavy atom. The number of pyridine rings is 1. The summed E-state index contributed by atoms with van der Waals surface area (Å²) < 4.78 is 39.5. The molecule has 4 aromatic rings. The van der Waals surface area contributed by atoms with Crippen LogP contribution >= 0.6 is 0 Å². The second-order valence-corrected chi connectivity index (χ2v) is 11.5. The summed E-state index contributed by atoms with van der Waals surface area (Å²) in [5.41, 5.74) is 2.96. The Labute approximate surface area is 258 Å². The zero-order valence-electron chi connectivity index (χ0n) is 24.6. The Morgan fingerprint density at radius 2 is 1.87 bits per heavy atom. The summed E-state index contributed by atoms with van der Waals surface area (Å²) in [4.78, 5) is 24.2. The third-order valence-electron chi connectivity index (χ3n) is 8.69. The number of carboxylic acid groups (broad SMARTS) is 1. The molecule has 45 heavy (non-hydrogen) atoms. The monoisotopic (exact) mass is 613 g/mol.